The van der Waals surface area contributed by atoms with Gasteiger partial charge in [-0.2, -0.15) is 0 Å². The van der Waals surface area contributed by atoms with E-state index in [0.717, 1.165) is 5.56 Å². The Morgan fingerprint density at radius 3 is 2.55 bits per heavy atom. The minimum absolute atomic E-state index is 0.0468. The third kappa shape index (κ3) is 2.41. The Balaban J connectivity index is 2.04. The lowest BCUT2D eigenvalue weighted by Gasteiger charge is -2.28. The van der Waals surface area contributed by atoms with Crippen LogP contribution in [0.1, 0.15) is 29.8 Å². The molecule has 2 aliphatic rings. The number of nitro benzene ring substituents is 1. The molecule has 1 fully saturated rings. The first-order valence-electron chi connectivity index (χ1n) is 7.44. The van der Waals surface area contributed by atoms with Crippen LogP contribution in [0, 0.1) is 10.1 Å². The summed E-state index contributed by atoms with van der Waals surface area (Å²) in [5.74, 6) is -0.0468. The Morgan fingerprint density at radius 2 is 1.95 bits per heavy atom. The van der Waals surface area contributed by atoms with Crippen LogP contribution in [0.25, 0.3) is 0 Å². The molecule has 7 heteroatoms. The van der Waals surface area contributed by atoms with Gasteiger partial charge in [0.05, 0.1) is 18.1 Å². The Bertz CT molecular complexity index is 623. The summed E-state index contributed by atoms with van der Waals surface area (Å²) in [5, 5.41) is 11.4. The number of fused-ring (bicyclic) bond motifs is 1. The van der Waals surface area contributed by atoms with E-state index in [0.29, 0.717) is 44.1 Å². The molecule has 0 saturated carbocycles. The molecular weight excluding hydrogens is 286 g/mol. The highest BCUT2D eigenvalue weighted by molar-refractivity contribution is 6.00. The van der Waals surface area contributed by atoms with Crippen LogP contribution in [0.5, 0.6) is 0 Å². The van der Waals surface area contributed by atoms with Crippen LogP contribution in [0.15, 0.2) is 12.1 Å². The van der Waals surface area contributed by atoms with Gasteiger partial charge in [0.1, 0.15) is 5.69 Å². The molecule has 0 atom stereocenters. The molecule has 22 heavy (non-hydrogen) atoms. The molecule has 3 rings (SSSR count). The molecule has 7 nitrogen and oxygen atoms in total. The van der Waals surface area contributed by atoms with E-state index >= 15 is 0 Å². The van der Waals surface area contributed by atoms with E-state index in [4.69, 9.17) is 4.74 Å². The highest BCUT2D eigenvalue weighted by Gasteiger charge is 2.33. The van der Waals surface area contributed by atoms with Crippen LogP contribution in [0.3, 0.4) is 0 Å². The SMILES string of the molecule is CC(C)N1Cc2cc([N+](=O)[O-])c(N3CCOCC3)cc2C1=O. The smallest absolute Gasteiger partial charge is 0.292 e. The van der Waals surface area contributed by atoms with Gasteiger partial charge in [-0.05, 0) is 25.5 Å². The molecule has 0 aromatic heterocycles. The Hall–Kier alpha value is -2.15. The van der Waals surface area contributed by atoms with Crippen LogP contribution >= 0.6 is 0 Å². The lowest BCUT2D eigenvalue weighted by atomic mass is 10.1. The van der Waals surface area contributed by atoms with Gasteiger partial charge >= 0.3 is 0 Å². The summed E-state index contributed by atoms with van der Waals surface area (Å²) in [4.78, 5) is 27.2. The number of carbonyl (C=O) groups excluding carboxylic acids is 1. The molecule has 2 heterocycles. The van der Waals surface area contributed by atoms with Crippen LogP contribution in [-0.4, -0.2) is 48.1 Å². The molecule has 1 aromatic carbocycles. The molecule has 1 amide bonds. The lowest BCUT2D eigenvalue weighted by molar-refractivity contribution is -0.384. The molecule has 0 radical (unpaired) electrons. The molecule has 1 aromatic rings. The highest BCUT2D eigenvalue weighted by atomic mass is 16.6. The van der Waals surface area contributed by atoms with Crippen LogP contribution in [0.4, 0.5) is 11.4 Å². The summed E-state index contributed by atoms with van der Waals surface area (Å²) in [5.41, 5.74) is 1.91. The third-order valence-corrected chi connectivity index (χ3v) is 4.20. The Labute approximate surface area is 128 Å². The van der Waals surface area contributed by atoms with Gasteiger partial charge in [-0.3, -0.25) is 14.9 Å². The van der Waals surface area contributed by atoms with Crippen molar-refractivity contribution in [1.82, 2.24) is 4.90 Å². The quantitative estimate of drug-likeness (QED) is 0.628. The van der Waals surface area contributed by atoms with E-state index in [9.17, 15) is 14.9 Å². The number of morpholine rings is 1. The number of nitro groups is 1. The number of benzene rings is 1. The third-order valence-electron chi connectivity index (χ3n) is 4.20. The van der Waals surface area contributed by atoms with Crippen LogP contribution in [0.2, 0.25) is 0 Å². The summed E-state index contributed by atoms with van der Waals surface area (Å²) in [6.07, 6.45) is 0. The van der Waals surface area contributed by atoms with Gasteiger partial charge in [-0.25, -0.2) is 0 Å². The molecule has 2 aliphatic heterocycles. The number of rotatable bonds is 3. The average Bonchev–Trinajstić information content (AvgIpc) is 2.83. The fourth-order valence-electron chi connectivity index (χ4n) is 2.98. The fraction of sp³-hybridized carbons (Fsp3) is 0.533. The minimum Gasteiger partial charge on any atom is -0.378 e. The van der Waals surface area contributed by atoms with Crippen molar-refractivity contribution in [1.29, 1.82) is 0 Å². The van der Waals surface area contributed by atoms with E-state index in [1.54, 1.807) is 17.0 Å². The van der Waals surface area contributed by atoms with Crippen LogP contribution < -0.4 is 4.90 Å². The van der Waals surface area contributed by atoms with Gasteiger partial charge < -0.3 is 14.5 Å². The van der Waals surface area contributed by atoms with E-state index in [-0.39, 0.29) is 22.6 Å². The van der Waals surface area contributed by atoms with E-state index in [1.165, 1.54) is 0 Å². The molecule has 1 saturated heterocycles. The molecule has 118 valence electrons. The van der Waals surface area contributed by atoms with Crippen molar-refractivity contribution in [3.05, 3.63) is 33.4 Å². The number of amides is 1. The first-order valence-corrected chi connectivity index (χ1v) is 7.44. The predicted molar refractivity (Wildman–Crippen MR) is 81.1 cm³/mol. The minimum atomic E-state index is -0.367. The van der Waals surface area contributed by atoms with Gasteiger partial charge in [0.25, 0.3) is 11.6 Å². The first-order chi connectivity index (χ1) is 10.5. The number of hydrogen-bond acceptors (Lipinski definition) is 5. The van der Waals surface area contributed by atoms with Crippen molar-refractivity contribution >= 4 is 17.3 Å². The van der Waals surface area contributed by atoms with Crippen molar-refractivity contribution in [3.63, 3.8) is 0 Å². The van der Waals surface area contributed by atoms with Crippen molar-refractivity contribution in [2.75, 3.05) is 31.2 Å². The Kier molecular flexibility index (Phi) is 3.74. The monoisotopic (exact) mass is 305 g/mol. The number of anilines is 1. The zero-order valence-corrected chi connectivity index (χ0v) is 12.7. The summed E-state index contributed by atoms with van der Waals surface area (Å²) in [6, 6.07) is 3.31. The number of carbonyl (C=O) groups is 1. The molecule has 0 aliphatic carbocycles. The van der Waals surface area contributed by atoms with Crippen molar-refractivity contribution in [3.8, 4) is 0 Å². The largest absolute Gasteiger partial charge is 0.378 e. The number of ether oxygens (including phenoxy) is 1. The molecule has 0 bridgehead atoms. The van der Waals surface area contributed by atoms with E-state index < -0.39 is 0 Å². The average molecular weight is 305 g/mol. The maximum Gasteiger partial charge on any atom is 0.292 e. The second-order valence-corrected chi connectivity index (χ2v) is 5.88. The van der Waals surface area contributed by atoms with E-state index in [1.807, 2.05) is 18.7 Å². The molecule has 0 spiro atoms. The number of hydrogen-bond donors (Lipinski definition) is 0. The molecule has 0 N–H and O–H groups in total. The highest BCUT2D eigenvalue weighted by Crippen LogP contribution is 2.36. The molecular formula is C15H19N3O4. The van der Waals surface area contributed by atoms with Gasteiger partial charge in [0, 0.05) is 37.3 Å². The normalized spacial score (nSPS) is 18.0. The Morgan fingerprint density at radius 1 is 1.27 bits per heavy atom. The van der Waals surface area contributed by atoms with Gasteiger partial charge in [0.15, 0.2) is 0 Å². The van der Waals surface area contributed by atoms with Crippen molar-refractivity contribution < 1.29 is 14.5 Å². The maximum atomic E-state index is 12.5. The van der Waals surface area contributed by atoms with Crippen molar-refractivity contribution in [2.45, 2.75) is 26.4 Å². The van der Waals surface area contributed by atoms with Gasteiger partial charge in [-0.1, -0.05) is 0 Å². The topological polar surface area (TPSA) is 75.9 Å². The summed E-state index contributed by atoms with van der Waals surface area (Å²) in [7, 11) is 0. The first kappa shape index (κ1) is 14.8. The zero-order valence-electron chi connectivity index (χ0n) is 12.7. The standard InChI is InChI=1S/C15H19N3O4/c1-10(2)17-9-11-7-14(18(20)21)13(8-12(11)15(17)19)16-3-5-22-6-4-16/h7-8,10H,3-6,9H2,1-2H3. The second kappa shape index (κ2) is 5.57. The number of nitrogens with zero attached hydrogens (tertiary/aromatic N) is 3. The molecule has 0 unspecified atom stereocenters. The van der Waals surface area contributed by atoms with Gasteiger partial charge in [0.2, 0.25) is 0 Å². The second-order valence-electron chi connectivity index (χ2n) is 5.88. The fourth-order valence-corrected chi connectivity index (χ4v) is 2.98. The van der Waals surface area contributed by atoms with Crippen molar-refractivity contribution in [2.24, 2.45) is 0 Å². The summed E-state index contributed by atoms with van der Waals surface area (Å²) >= 11 is 0. The maximum absolute atomic E-state index is 12.5. The lowest BCUT2D eigenvalue weighted by Crippen LogP contribution is -2.36. The summed E-state index contributed by atoms with van der Waals surface area (Å²) < 4.78 is 5.30. The zero-order chi connectivity index (χ0) is 15.9. The predicted octanol–water partition coefficient (Wildman–Crippen LogP) is 1.80. The summed E-state index contributed by atoms with van der Waals surface area (Å²) in [6.45, 7) is 6.61. The van der Waals surface area contributed by atoms with Crippen LogP contribution in [-0.2, 0) is 11.3 Å². The van der Waals surface area contributed by atoms with Gasteiger partial charge in [-0.15, -0.1) is 0 Å². The van der Waals surface area contributed by atoms with E-state index in [2.05, 4.69) is 0 Å².